The highest BCUT2D eigenvalue weighted by atomic mass is 16.6. The third-order valence-corrected chi connectivity index (χ3v) is 9.82. The lowest BCUT2D eigenvalue weighted by molar-refractivity contribution is -0.139. The molecule has 0 saturated heterocycles. The lowest BCUT2D eigenvalue weighted by Gasteiger charge is -2.31. The molecule has 2 amide bonds. The van der Waals surface area contributed by atoms with Crippen LogP contribution in [0.5, 0.6) is 23.0 Å². The summed E-state index contributed by atoms with van der Waals surface area (Å²) < 4.78 is 39.0. The first-order valence-corrected chi connectivity index (χ1v) is 20.5. The van der Waals surface area contributed by atoms with Crippen LogP contribution in [0.15, 0.2) is 109 Å². The summed E-state index contributed by atoms with van der Waals surface area (Å²) in [7, 11) is 0. The van der Waals surface area contributed by atoms with E-state index in [2.05, 4.69) is 61.9 Å². The molecule has 1 aliphatic heterocycles. The van der Waals surface area contributed by atoms with Gasteiger partial charge in [-0.2, -0.15) is 0 Å². The Morgan fingerprint density at radius 2 is 1.06 bits per heavy atom. The topological polar surface area (TPSA) is 157 Å². The van der Waals surface area contributed by atoms with Gasteiger partial charge in [0.05, 0.1) is 13.1 Å². The van der Waals surface area contributed by atoms with E-state index in [1.807, 2.05) is 60.7 Å². The predicted octanol–water partition coefficient (Wildman–Crippen LogP) is 8.93. The molecule has 5 aromatic carbocycles. The normalized spacial score (nSPS) is 11.8. The van der Waals surface area contributed by atoms with Crippen molar-refractivity contribution < 1.29 is 52.3 Å². The van der Waals surface area contributed by atoms with E-state index in [1.54, 1.807) is 13.8 Å². The lowest BCUT2D eigenvalue weighted by atomic mass is 9.78. The molecule has 13 nitrogen and oxygen atoms in total. The number of rotatable bonds is 19. The molecule has 62 heavy (non-hydrogen) atoms. The molecule has 0 atom stereocenters. The minimum atomic E-state index is -0.643. The van der Waals surface area contributed by atoms with E-state index >= 15 is 0 Å². The zero-order valence-electron chi connectivity index (χ0n) is 35.5. The number of amides is 2. The van der Waals surface area contributed by atoms with Crippen LogP contribution in [-0.2, 0) is 35.0 Å². The van der Waals surface area contributed by atoms with E-state index in [0.717, 1.165) is 56.2 Å². The van der Waals surface area contributed by atoms with Crippen molar-refractivity contribution in [2.24, 2.45) is 5.92 Å². The van der Waals surface area contributed by atoms with Crippen LogP contribution >= 0.6 is 0 Å². The Morgan fingerprint density at radius 1 is 0.597 bits per heavy atom. The molecular formula is C49H52N2O11. The summed E-state index contributed by atoms with van der Waals surface area (Å²) in [5.74, 6) is 2.06. The van der Waals surface area contributed by atoms with Crippen molar-refractivity contribution >= 4 is 45.7 Å². The lowest BCUT2D eigenvalue weighted by Crippen LogP contribution is -2.29. The van der Waals surface area contributed by atoms with E-state index in [9.17, 15) is 19.2 Å². The predicted molar refractivity (Wildman–Crippen MR) is 235 cm³/mol. The van der Waals surface area contributed by atoms with Crippen molar-refractivity contribution in [3.05, 3.63) is 131 Å². The van der Waals surface area contributed by atoms with Crippen LogP contribution in [0.3, 0.4) is 0 Å². The number of hydrogen-bond donors (Lipinski definition) is 2. The van der Waals surface area contributed by atoms with Crippen LogP contribution in [0, 0.1) is 5.92 Å². The summed E-state index contributed by atoms with van der Waals surface area (Å²) in [5.41, 5.74) is 5.02. The Bertz CT molecular complexity index is 2320. The number of ether oxygens (including phenoxy) is 7. The van der Waals surface area contributed by atoms with Crippen molar-refractivity contribution in [1.82, 2.24) is 10.6 Å². The summed E-state index contributed by atoms with van der Waals surface area (Å²) in [6.07, 6.45) is -0.310. The minimum Gasteiger partial charge on any atom is -0.490 e. The van der Waals surface area contributed by atoms with Crippen molar-refractivity contribution in [2.75, 3.05) is 52.7 Å². The van der Waals surface area contributed by atoms with Gasteiger partial charge in [0, 0.05) is 28.2 Å². The van der Waals surface area contributed by atoms with Gasteiger partial charge in [-0.05, 0) is 95.3 Å². The van der Waals surface area contributed by atoms with E-state index < -0.39 is 24.1 Å². The fourth-order valence-electron chi connectivity index (χ4n) is 7.02. The summed E-state index contributed by atoms with van der Waals surface area (Å²) in [6, 6.07) is 28.7. The van der Waals surface area contributed by atoms with Gasteiger partial charge in [0.1, 0.15) is 62.6 Å². The van der Waals surface area contributed by atoms with Crippen LogP contribution in [0.25, 0.3) is 21.5 Å². The molecule has 1 heterocycles. The number of alkyl carbamates (subject to hydrolysis) is 2. The summed E-state index contributed by atoms with van der Waals surface area (Å²) in [6.45, 7) is 15.1. The van der Waals surface area contributed by atoms with E-state index in [0.29, 0.717) is 17.4 Å². The van der Waals surface area contributed by atoms with Crippen molar-refractivity contribution in [3.63, 3.8) is 0 Å². The maximum Gasteiger partial charge on any atom is 0.407 e. The van der Waals surface area contributed by atoms with Crippen LogP contribution in [0.4, 0.5) is 9.59 Å². The largest absolute Gasteiger partial charge is 0.490 e. The number of nitrogens with one attached hydrogen (secondary N) is 2. The first-order chi connectivity index (χ1) is 29.9. The van der Waals surface area contributed by atoms with E-state index in [4.69, 9.17) is 33.2 Å². The first-order valence-electron chi connectivity index (χ1n) is 20.5. The Labute approximate surface area is 360 Å². The molecule has 1 aliphatic rings. The smallest absolute Gasteiger partial charge is 0.407 e. The van der Waals surface area contributed by atoms with Gasteiger partial charge in [-0.15, -0.1) is 0 Å². The maximum absolute atomic E-state index is 12.1. The van der Waals surface area contributed by atoms with Crippen LogP contribution in [-0.4, -0.2) is 76.9 Å². The average molecular weight is 845 g/mol. The van der Waals surface area contributed by atoms with Crippen molar-refractivity contribution in [2.45, 2.75) is 40.0 Å². The first kappa shape index (κ1) is 44.5. The Hall–Kier alpha value is -7.02. The number of hydrogen-bond acceptors (Lipinski definition) is 11. The SMILES string of the molecule is C=C(C)C(=O)OCCNC(=O)OCCOc1ccc2c3c(ccc2c1)Oc1ccc2cc(OCCOC(=O)NCCOC(=O)C(=C)C)ccc2c1C3c1ccc(CC(C)C)cc1. The molecule has 0 aromatic heterocycles. The molecule has 0 bridgehead atoms. The van der Waals surface area contributed by atoms with Gasteiger partial charge in [0.2, 0.25) is 0 Å². The fraction of sp³-hybridized carbons (Fsp3) is 0.306. The molecule has 0 spiro atoms. The average Bonchev–Trinajstić information content (AvgIpc) is 3.25. The highest BCUT2D eigenvalue weighted by Crippen LogP contribution is 2.52. The molecule has 0 aliphatic carbocycles. The number of carbonyl (C=O) groups is 4. The minimum absolute atomic E-state index is 0.00727. The highest BCUT2D eigenvalue weighted by molar-refractivity contribution is 5.96. The highest BCUT2D eigenvalue weighted by Gasteiger charge is 2.32. The monoisotopic (exact) mass is 844 g/mol. The molecule has 0 unspecified atom stereocenters. The second-order valence-electron chi connectivity index (χ2n) is 15.3. The molecule has 5 aromatic rings. The third kappa shape index (κ3) is 11.6. The van der Waals surface area contributed by atoms with Crippen LogP contribution in [0.1, 0.15) is 55.9 Å². The van der Waals surface area contributed by atoms with Gasteiger partial charge in [0.25, 0.3) is 0 Å². The van der Waals surface area contributed by atoms with Crippen molar-refractivity contribution in [3.8, 4) is 23.0 Å². The quantitative estimate of drug-likeness (QED) is 0.0347. The Kier molecular flexibility index (Phi) is 15.1. The number of fused-ring (bicyclic) bond motifs is 6. The number of benzene rings is 5. The van der Waals surface area contributed by atoms with Gasteiger partial charge in [-0.3, -0.25) is 0 Å². The molecular weight excluding hydrogens is 793 g/mol. The summed E-state index contributed by atoms with van der Waals surface area (Å²) in [5, 5.41) is 8.99. The second-order valence-corrected chi connectivity index (χ2v) is 15.3. The van der Waals surface area contributed by atoms with Gasteiger partial charge in [-0.1, -0.05) is 75.5 Å². The van der Waals surface area contributed by atoms with E-state index in [-0.39, 0.29) is 69.8 Å². The van der Waals surface area contributed by atoms with Crippen molar-refractivity contribution in [1.29, 1.82) is 0 Å². The molecule has 2 N–H and O–H groups in total. The zero-order chi connectivity index (χ0) is 44.2. The Balaban J connectivity index is 1.16. The summed E-state index contributed by atoms with van der Waals surface area (Å²) in [4.78, 5) is 47.2. The molecule has 0 radical (unpaired) electrons. The molecule has 0 saturated carbocycles. The van der Waals surface area contributed by atoms with Gasteiger partial charge in [-0.25, -0.2) is 19.2 Å². The summed E-state index contributed by atoms with van der Waals surface area (Å²) >= 11 is 0. The maximum atomic E-state index is 12.1. The zero-order valence-corrected chi connectivity index (χ0v) is 35.5. The Morgan fingerprint density at radius 3 is 1.50 bits per heavy atom. The van der Waals surface area contributed by atoms with Crippen LogP contribution in [0.2, 0.25) is 0 Å². The molecule has 13 heteroatoms. The molecule has 6 rings (SSSR count). The fourth-order valence-corrected chi connectivity index (χ4v) is 7.02. The number of carbonyl (C=O) groups excluding carboxylic acids is 4. The standard InChI is InChI=1S/C49H52N2O11/c1-30(2)27-33-7-9-34(10-8-33)43-44-39-15-13-37(56-23-25-60-48(54)50-19-21-58-46(52)31(3)4)28-35(39)11-17-41(44)62-42-18-12-36-29-38(14-16-40(36)45(42)43)57-24-26-61-49(55)51-20-22-59-47(53)32(5)6/h7-18,28-30,43H,3,5,19-27H2,1-2,4,6H3,(H,50,54)(H,51,55). The third-order valence-electron chi connectivity index (χ3n) is 9.82. The second kappa shape index (κ2) is 21.0. The van der Waals surface area contributed by atoms with Gasteiger partial charge >= 0.3 is 24.1 Å². The van der Waals surface area contributed by atoms with Gasteiger partial charge in [0.15, 0.2) is 0 Å². The van der Waals surface area contributed by atoms with Gasteiger partial charge < -0.3 is 43.8 Å². The molecule has 324 valence electrons. The van der Waals surface area contributed by atoms with Crippen LogP contribution < -0.4 is 24.8 Å². The molecule has 0 fully saturated rings. The van der Waals surface area contributed by atoms with E-state index in [1.165, 1.54) is 5.56 Å². The number of esters is 2.